The highest BCUT2D eigenvalue weighted by Gasteiger charge is 2.20. The SMILES string of the molecule is CCCCCC1CCC(CCC#Cc2ccc(-c3ccc(F)cc3)cc2)CC1. The summed E-state index contributed by atoms with van der Waals surface area (Å²) in [5.41, 5.74) is 3.19. The van der Waals surface area contributed by atoms with Gasteiger partial charge in [0.2, 0.25) is 0 Å². The summed E-state index contributed by atoms with van der Waals surface area (Å²) in [6.07, 6.45) is 13.6. The quantitative estimate of drug-likeness (QED) is 0.339. The van der Waals surface area contributed by atoms with E-state index in [1.165, 1.54) is 69.9 Å². The molecule has 0 heterocycles. The highest BCUT2D eigenvalue weighted by atomic mass is 19.1. The van der Waals surface area contributed by atoms with Crippen molar-refractivity contribution in [2.75, 3.05) is 0 Å². The predicted octanol–water partition coefficient (Wildman–Crippen LogP) is 8.01. The zero-order valence-electron chi connectivity index (χ0n) is 17.2. The molecule has 0 amide bonds. The number of unbranched alkanes of at least 4 members (excludes halogenated alkanes) is 2. The Kier molecular flexibility index (Phi) is 8.16. The Morgan fingerprint density at radius 1 is 0.786 bits per heavy atom. The average molecular weight is 377 g/mol. The van der Waals surface area contributed by atoms with Crippen LogP contribution in [-0.2, 0) is 0 Å². The van der Waals surface area contributed by atoms with Gasteiger partial charge < -0.3 is 0 Å². The monoisotopic (exact) mass is 376 g/mol. The lowest BCUT2D eigenvalue weighted by Crippen LogP contribution is -2.14. The maximum absolute atomic E-state index is 13.0. The maximum atomic E-state index is 13.0. The summed E-state index contributed by atoms with van der Waals surface area (Å²) in [7, 11) is 0. The van der Waals surface area contributed by atoms with Gasteiger partial charge in [-0.3, -0.25) is 0 Å². The molecule has 0 unspecified atom stereocenters. The molecule has 0 N–H and O–H groups in total. The topological polar surface area (TPSA) is 0 Å². The summed E-state index contributed by atoms with van der Waals surface area (Å²) in [5, 5.41) is 0. The van der Waals surface area contributed by atoms with Crippen LogP contribution >= 0.6 is 0 Å². The lowest BCUT2D eigenvalue weighted by molar-refractivity contribution is 0.250. The van der Waals surface area contributed by atoms with Crippen molar-refractivity contribution < 1.29 is 4.39 Å². The summed E-state index contributed by atoms with van der Waals surface area (Å²) < 4.78 is 13.0. The summed E-state index contributed by atoms with van der Waals surface area (Å²) >= 11 is 0. The summed E-state index contributed by atoms with van der Waals surface area (Å²) in [6.45, 7) is 2.29. The Balaban J connectivity index is 1.40. The van der Waals surface area contributed by atoms with Crippen molar-refractivity contribution in [3.05, 3.63) is 59.9 Å². The van der Waals surface area contributed by atoms with Crippen molar-refractivity contribution in [3.8, 4) is 23.0 Å². The Bertz CT molecular complexity index is 753. The largest absolute Gasteiger partial charge is 0.207 e. The first kappa shape index (κ1) is 20.7. The molecule has 3 rings (SSSR count). The van der Waals surface area contributed by atoms with Gasteiger partial charge in [-0.1, -0.05) is 94.4 Å². The van der Waals surface area contributed by atoms with E-state index >= 15 is 0 Å². The third-order valence-electron chi connectivity index (χ3n) is 6.16. The van der Waals surface area contributed by atoms with Gasteiger partial charge in [0.25, 0.3) is 0 Å². The molecule has 0 aromatic heterocycles. The van der Waals surface area contributed by atoms with Crippen molar-refractivity contribution in [1.29, 1.82) is 0 Å². The average Bonchev–Trinajstić information content (AvgIpc) is 2.73. The van der Waals surface area contributed by atoms with Gasteiger partial charge in [-0.2, -0.15) is 0 Å². The Hall–Kier alpha value is -2.07. The van der Waals surface area contributed by atoms with Gasteiger partial charge in [0.15, 0.2) is 0 Å². The van der Waals surface area contributed by atoms with Gasteiger partial charge in [0.1, 0.15) is 5.82 Å². The van der Waals surface area contributed by atoms with Crippen molar-refractivity contribution in [2.45, 2.75) is 71.1 Å². The van der Waals surface area contributed by atoms with Crippen molar-refractivity contribution in [1.82, 2.24) is 0 Å². The maximum Gasteiger partial charge on any atom is 0.123 e. The standard InChI is InChI=1S/C27H33F/c1-2-3-4-7-22-10-12-23(13-11-22)8-5-6-9-24-14-16-25(17-15-24)26-18-20-27(28)21-19-26/h14-23H,2-5,7-8,10-13H2,1H3. The first-order chi connectivity index (χ1) is 13.7. The van der Waals surface area contributed by atoms with E-state index in [1.54, 1.807) is 0 Å². The molecule has 1 saturated carbocycles. The predicted molar refractivity (Wildman–Crippen MR) is 118 cm³/mol. The second-order valence-corrected chi connectivity index (χ2v) is 8.31. The molecule has 1 fully saturated rings. The molecule has 0 atom stereocenters. The van der Waals surface area contributed by atoms with Crippen molar-refractivity contribution >= 4 is 0 Å². The fraction of sp³-hybridized carbons (Fsp3) is 0.481. The van der Waals surface area contributed by atoms with Crippen LogP contribution in [0.1, 0.15) is 76.7 Å². The number of hydrogen-bond donors (Lipinski definition) is 0. The number of rotatable bonds is 7. The van der Waals surface area contributed by atoms with E-state index < -0.39 is 0 Å². The summed E-state index contributed by atoms with van der Waals surface area (Å²) in [5.74, 6) is 8.36. The molecule has 1 aliphatic carbocycles. The highest BCUT2D eigenvalue weighted by Crippen LogP contribution is 2.34. The van der Waals surface area contributed by atoms with E-state index in [9.17, 15) is 4.39 Å². The van der Waals surface area contributed by atoms with Crippen LogP contribution in [0.15, 0.2) is 48.5 Å². The van der Waals surface area contributed by atoms with E-state index in [0.717, 1.165) is 34.9 Å². The van der Waals surface area contributed by atoms with Crippen LogP contribution in [0.5, 0.6) is 0 Å². The zero-order chi connectivity index (χ0) is 19.6. The first-order valence-electron chi connectivity index (χ1n) is 11.1. The Morgan fingerprint density at radius 2 is 1.36 bits per heavy atom. The minimum atomic E-state index is -0.198. The van der Waals surface area contributed by atoms with Crippen LogP contribution in [0.25, 0.3) is 11.1 Å². The van der Waals surface area contributed by atoms with Crippen LogP contribution in [0.2, 0.25) is 0 Å². The second kappa shape index (κ2) is 11.1. The fourth-order valence-corrected chi connectivity index (χ4v) is 4.32. The molecule has 0 spiro atoms. The number of halogens is 1. The minimum absolute atomic E-state index is 0.198. The molecule has 2 aromatic carbocycles. The third-order valence-corrected chi connectivity index (χ3v) is 6.16. The van der Waals surface area contributed by atoms with E-state index in [2.05, 4.69) is 43.0 Å². The first-order valence-corrected chi connectivity index (χ1v) is 11.1. The van der Waals surface area contributed by atoms with Crippen LogP contribution in [0.4, 0.5) is 4.39 Å². The van der Waals surface area contributed by atoms with Crippen LogP contribution in [-0.4, -0.2) is 0 Å². The van der Waals surface area contributed by atoms with Gasteiger partial charge in [0, 0.05) is 12.0 Å². The minimum Gasteiger partial charge on any atom is -0.207 e. The molecule has 148 valence electrons. The van der Waals surface area contributed by atoms with E-state index in [0.29, 0.717) is 0 Å². The lowest BCUT2D eigenvalue weighted by Gasteiger charge is -2.28. The van der Waals surface area contributed by atoms with Gasteiger partial charge in [-0.15, -0.1) is 0 Å². The molecule has 0 radical (unpaired) electrons. The van der Waals surface area contributed by atoms with Gasteiger partial charge in [-0.05, 0) is 53.6 Å². The molecular formula is C27H33F. The lowest BCUT2D eigenvalue weighted by atomic mass is 9.78. The van der Waals surface area contributed by atoms with Crippen molar-refractivity contribution in [2.24, 2.45) is 11.8 Å². The molecule has 1 heteroatoms. The van der Waals surface area contributed by atoms with E-state index in [1.807, 2.05) is 12.1 Å². The summed E-state index contributed by atoms with van der Waals surface area (Å²) in [6, 6.07) is 14.9. The third kappa shape index (κ3) is 6.52. The second-order valence-electron chi connectivity index (χ2n) is 8.31. The normalized spacial score (nSPS) is 19.1. The van der Waals surface area contributed by atoms with Crippen LogP contribution in [0.3, 0.4) is 0 Å². The van der Waals surface area contributed by atoms with E-state index in [-0.39, 0.29) is 5.82 Å². The molecule has 1 aliphatic rings. The molecule has 0 nitrogen and oxygen atoms in total. The molecule has 0 aliphatic heterocycles. The molecule has 0 saturated heterocycles. The van der Waals surface area contributed by atoms with Gasteiger partial charge in [-0.25, -0.2) is 4.39 Å². The molecule has 0 bridgehead atoms. The molecular weight excluding hydrogens is 343 g/mol. The highest BCUT2D eigenvalue weighted by molar-refractivity contribution is 5.64. The zero-order valence-corrected chi connectivity index (χ0v) is 17.2. The smallest absolute Gasteiger partial charge is 0.123 e. The van der Waals surface area contributed by atoms with Crippen molar-refractivity contribution in [3.63, 3.8) is 0 Å². The van der Waals surface area contributed by atoms with Gasteiger partial charge in [0.05, 0.1) is 0 Å². The number of benzene rings is 2. The van der Waals surface area contributed by atoms with Gasteiger partial charge >= 0.3 is 0 Å². The van der Waals surface area contributed by atoms with Crippen LogP contribution < -0.4 is 0 Å². The Morgan fingerprint density at radius 3 is 1.96 bits per heavy atom. The Labute approximate surface area is 170 Å². The molecule has 2 aromatic rings. The number of hydrogen-bond acceptors (Lipinski definition) is 0. The van der Waals surface area contributed by atoms with Crippen LogP contribution in [0, 0.1) is 29.5 Å². The fourth-order valence-electron chi connectivity index (χ4n) is 4.32. The summed E-state index contributed by atoms with van der Waals surface area (Å²) in [4.78, 5) is 0. The van der Waals surface area contributed by atoms with E-state index in [4.69, 9.17) is 0 Å². The molecule has 28 heavy (non-hydrogen) atoms.